The fourth-order valence-electron chi connectivity index (χ4n) is 2.10. The van der Waals surface area contributed by atoms with Crippen molar-refractivity contribution in [1.82, 2.24) is 5.32 Å². The van der Waals surface area contributed by atoms with Gasteiger partial charge in [0.2, 0.25) is 0 Å². The number of benzene rings is 1. The van der Waals surface area contributed by atoms with E-state index in [2.05, 4.69) is 10.1 Å². The number of carbonyl (C=O) groups is 2. The van der Waals surface area contributed by atoms with Crippen LogP contribution < -0.4 is 5.32 Å². The van der Waals surface area contributed by atoms with Gasteiger partial charge in [-0.25, -0.2) is 4.79 Å². The third kappa shape index (κ3) is 4.69. The van der Waals surface area contributed by atoms with Gasteiger partial charge in [0.15, 0.2) is 0 Å². The van der Waals surface area contributed by atoms with Crippen LogP contribution in [0.2, 0.25) is 0 Å². The highest BCUT2D eigenvalue weighted by Crippen LogP contribution is 2.13. The second-order valence-electron chi connectivity index (χ2n) is 5.50. The van der Waals surface area contributed by atoms with Gasteiger partial charge in [0.05, 0.1) is 24.5 Å². The van der Waals surface area contributed by atoms with Gasteiger partial charge in [-0.15, -0.1) is 0 Å². The van der Waals surface area contributed by atoms with Crippen molar-refractivity contribution in [3.8, 4) is 0 Å². The van der Waals surface area contributed by atoms with Gasteiger partial charge in [-0.1, -0.05) is 0 Å². The Morgan fingerprint density at radius 2 is 1.87 bits per heavy atom. The second kappa shape index (κ2) is 7.11. The fourth-order valence-corrected chi connectivity index (χ4v) is 2.10. The third-order valence-corrected chi connectivity index (χ3v) is 3.33. The van der Waals surface area contributed by atoms with Gasteiger partial charge in [-0.05, 0) is 43.3 Å². The van der Waals surface area contributed by atoms with Crippen LogP contribution in [0.1, 0.15) is 33.4 Å². The molecule has 0 aliphatic carbocycles. The number of aliphatic hydroxyl groups is 1. The predicted molar refractivity (Wildman–Crippen MR) is 83.2 cm³/mol. The highest BCUT2D eigenvalue weighted by Gasteiger charge is 2.23. The van der Waals surface area contributed by atoms with Crippen molar-refractivity contribution in [3.05, 3.63) is 59.5 Å². The first-order valence-electron chi connectivity index (χ1n) is 7.12. The summed E-state index contributed by atoms with van der Waals surface area (Å²) in [6, 6.07) is 9.60. The van der Waals surface area contributed by atoms with Crippen LogP contribution in [0.4, 0.5) is 0 Å². The Morgan fingerprint density at radius 3 is 2.43 bits per heavy atom. The molecule has 1 atom stereocenters. The van der Waals surface area contributed by atoms with Crippen molar-refractivity contribution in [1.29, 1.82) is 0 Å². The summed E-state index contributed by atoms with van der Waals surface area (Å²) >= 11 is 0. The Balaban J connectivity index is 1.92. The van der Waals surface area contributed by atoms with Crippen LogP contribution in [0.15, 0.2) is 47.1 Å². The minimum absolute atomic E-state index is 0.0747. The zero-order valence-corrected chi connectivity index (χ0v) is 13.0. The normalized spacial score (nSPS) is 13.2. The number of hydrogen-bond donors (Lipinski definition) is 2. The molecule has 0 spiro atoms. The molecule has 2 rings (SSSR count). The topological polar surface area (TPSA) is 88.8 Å². The molecule has 1 aromatic heterocycles. The number of methoxy groups -OCH3 is 1. The molecule has 0 fully saturated rings. The number of hydrogen-bond acceptors (Lipinski definition) is 5. The van der Waals surface area contributed by atoms with Crippen molar-refractivity contribution in [2.24, 2.45) is 0 Å². The number of nitrogens with one attached hydrogen (secondary N) is 1. The Labute approximate surface area is 134 Å². The first kappa shape index (κ1) is 16.8. The molecular formula is C17H19NO5. The molecule has 0 saturated heterocycles. The summed E-state index contributed by atoms with van der Waals surface area (Å²) < 4.78 is 9.79. The number of furan rings is 1. The van der Waals surface area contributed by atoms with E-state index in [0.29, 0.717) is 23.3 Å². The highest BCUT2D eigenvalue weighted by molar-refractivity contribution is 5.96. The van der Waals surface area contributed by atoms with Gasteiger partial charge in [-0.3, -0.25) is 4.79 Å². The van der Waals surface area contributed by atoms with E-state index in [1.165, 1.54) is 37.6 Å². The average molecular weight is 317 g/mol. The summed E-state index contributed by atoms with van der Waals surface area (Å²) in [5.74, 6) is -0.147. The van der Waals surface area contributed by atoms with Gasteiger partial charge in [-0.2, -0.15) is 0 Å². The van der Waals surface area contributed by atoms with Gasteiger partial charge < -0.3 is 19.6 Å². The van der Waals surface area contributed by atoms with Crippen LogP contribution in [0.25, 0.3) is 0 Å². The van der Waals surface area contributed by atoms with Gasteiger partial charge >= 0.3 is 5.97 Å². The van der Waals surface area contributed by atoms with E-state index in [0.717, 1.165) is 0 Å². The molecule has 0 radical (unpaired) electrons. The second-order valence-corrected chi connectivity index (χ2v) is 5.50. The lowest BCUT2D eigenvalue weighted by Crippen LogP contribution is -2.42. The lowest BCUT2D eigenvalue weighted by molar-refractivity contribution is 0.0510. The Hall–Kier alpha value is -2.60. The van der Waals surface area contributed by atoms with Crippen molar-refractivity contribution >= 4 is 11.9 Å². The fraction of sp³-hybridized carbons (Fsp3) is 0.294. The number of esters is 1. The summed E-state index contributed by atoms with van der Waals surface area (Å²) in [5, 5.41) is 13.0. The van der Waals surface area contributed by atoms with Crippen LogP contribution in [-0.2, 0) is 11.2 Å². The predicted octanol–water partition coefficient (Wildman–Crippen LogP) is 1.79. The molecule has 6 nitrogen and oxygen atoms in total. The number of amides is 1. The molecule has 2 aromatic rings. The summed E-state index contributed by atoms with van der Waals surface area (Å²) in [6.45, 7) is 1.70. The van der Waals surface area contributed by atoms with Gasteiger partial charge in [0.25, 0.3) is 5.91 Å². The molecule has 0 aliphatic heterocycles. The van der Waals surface area contributed by atoms with E-state index >= 15 is 0 Å². The third-order valence-electron chi connectivity index (χ3n) is 3.33. The molecule has 0 aliphatic rings. The first-order valence-corrected chi connectivity index (χ1v) is 7.12. The Morgan fingerprint density at radius 1 is 1.22 bits per heavy atom. The molecule has 1 heterocycles. The maximum atomic E-state index is 12.1. The first-order chi connectivity index (χ1) is 10.9. The summed E-state index contributed by atoms with van der Waals surface area (Å²) in [7, 11) is 1.30. The molecule has 1 amide bonds. The van der Waals surface area contributed by atoms with Crippen LogP contribution in [0.3, 0.4) is 0 Å². The summed E-state index contributed by atoms with van der Waals surface area (Å²) in [6.07, 6.45) is 1.83. The number of ether oxygens (including phenoxy) is 1. The van der Waals surface area contributed by atoms with Crippen molar-refractivity contribution in [3.63, 3.8) is 0 Å². The van der Waals surface area contributed by atoms with Crippen molar-refractivity contribution < 1.29 is 23.8 Å². The average Bonchev–Trinajstić information content (AvgIpc) is 3.04. The van der Waals surface area contributed by atoms with E-state index in [1.807, 2.05) is 0 Å². The van der Waals surface area contributed by atoms with E-state index in [1.54, 1.807) is 19.1 Å². The molecule has 6 heteroatoms. The molecule has 0 bridgehead atoms. The van der Waals surface area contributed by atoms with Crippen molar-refractivity contribution in [2.45, 2.75) is 18.9 Å². The summed E-state index contributed by atoms with van der Waals surface area (Å²) in [5.41, 5.74) is -0.361. The smallest absolute Gasteiger partial charge is 0.337 e. The van der Waals surface area contributed by atoms with Crippen LogP contribution in [-0.4, -0.2) is 36.2 Å². The largest absolute Gasteiger partial charge is 0.469 e. The minimum Gasteiger partial charge on any atom is -0.469 e. The molecular weight excluding hydrogens is 298 g/mol. The standard InChI is InChI=1S/C17H19NO5/c1-17(21,10-14-4-3-9-23-14)11-18-15(19)12-5-7-13(8-6-12)16(20)22-2/h3-9,21H,10-11H2,1-2H3,(H,18,19)/t17-/m1/s1. The van der Waals surface area contributed by atoms with Crippen LogP contribution in [0, 0.1) is 0 Å². The van der Waals surface area contributed by atoms with E-state index in [4.69, 9.17) is 4.42 Å². The molecule has 23 heavy (non-hydrogen) atoms. The quantitative estimate of drug-likeness (QED) is 0.793. The Bertz CT molecular complexity index is 659. The zero-order chi connectivity index (χ0) is 16.9. The lowest BCUT2D eigenvalue weighted by Gasteiger charge is -2.22. The van der Waals surface area contributed by atoms with Crippen LogP contribution in [0.5, 0.6) is 0 Å². The van der Waals surface area contributed by atoms with Crippen LogP contribution >= 0.6 is 0 Å². The maximum absolute atomic E-state index is 12.1. The van der Waals surface area contributed by atoms with E-state index in [-0.39, 0.29) is 12.5 Å². The highest BCUT2D eigenvalue weighted by atomic mass is 16.5. The van der Waals surface area contributed by atoms with E-state index in [9.17, 15) is 14.7 Å². The number of rotatable bonds is 6. The SMILES string of the molecule is COC(=O)c1ccc(C(=O)NC[C@](C)(O)Cc2ccco2)cc1. The Kier molecular flexibility index (Phi) is 5.18. The minimum atomic E-state index is -1.13. The number of carbonyl (C=O) groups excluding carboxylic acids is 2. The zero-order valence-electron chi connectivity index (χ0n) is 13.0. The molecule has 1 aromatic carbocycles. The van der Waals surface area contributed by atoms with Gasteiger partial charge in [0, 0.05) is 18.5 Å². The summed E-state index contributed by atoms with van der Waals surface area (Å²) in [4.78, 5) is 23.4. The lowest BCUT2D eigenvalue weighted by atomic mass is 10.0. The van der Waals surface area contributed by atoms with E-state index < -0.39 is 11.6 Å². The van der Waals surface area contributed by atoms with Crippen molar-refractivity contribution in [2.75, 3.05) is 13.7 Å². The molecule has 0 saturated carbocycles. The molecule has 0 unspecified atom stereocenters. The molecule has 2 N–H and O–H groups in total. The monoisotopic (exact) mass is 317 g/mol. The molecule has 122 valence electrons. The maximum Gasteiger partial charge on any atom is 0.337 e. The van der Waals surface area contributed by atoms with Gasteiger partial charge in [0.1, 0.15) is 5.76 Å².